The van der Waals surface area contributed by atoms with Crippen LogP contribution < -0.4 is 10.6 Å². The summed E-state index contributed by atoms with van der Waals surface area (Å²) in [6.45, 7) is 7.70. The molecule has 6 nitrogen and oxygen atoms in total. The van der Waals surface area contributed by atoms with Crippen molar-refractivity contribution < 1.29 is 28.2 Å². The van der Waals surface area contributed by atoms with Crippen molar-refractivity contribution in [2.24, 2.45) is 0 Å². The summed E-state index contributed by atoms with van der Waals surface area (Å²) in [6.07, 6.45) is -2.01. The number of benzene rings is 2. The molecule has 0 radical (unpaired) electrons. The van der Waals surface area contributed by atoms with Gasteiger partial charge in [-0.3, -0.25) is 0 Å². The molecule has 2 heterocycles. The first-order chi connectivity index (χ1) is 15.3. The maximum absolute atomic E-state index is 6.95. The highest BCUT2D eigenvalue weighted by Crippen LogP contribution is 2.49. The zero-order valence-corrected chi connectivity index (χ0v) is 20.0. The van der Waals surface area contributed by atoms with E-state index in [1.807, 2.05) is 64.1 Å². The lowest BCUT2D eigenvalue weighted by molar-refractivity contribution is -0.184. The van der Waals surface area contributed by atoms with Crippen LogP contribution in [0.3, 0.4) is 0 Å². The topological polar surface area (TPSA) is 55.4 Å². The average Bonchev–Trinajstić information content (AvgIpc) is 3.27. The maximum Gasteiger partial charge on any atom is 0.164 e. The summed E-state index contributed by atoms with van der Waals surface area (Å²) in [5.74, 6) is -1.48. The third kappa shape index (κ3) is 4.14. The molecule has 0 unspecified atom stereocenters. The van der Waals surface area contributed by atoms with Crippen LogP contribution >= 0.6 is 8.15 Å². The first kappa shape index (κ1) is 22.4. The van der Waals surface area contributed by atoms with E-state index in [-0.39, 0.29) is 30.5 Å². The Hall–Kier alpha value is -1.37. The monoisotopic (exact) mass is 458 g/mol. The van der Waals surface area contributed by atoms with Gasteiger partial charge in [0.2, 0.25) is 0 Å². The second-order valence-corrected chi connectivity index (χ2v) is 11.2. The average molecular weight is 458 g/mol. The Kier molecular flexibility index (Phi) is 5.92. The number of methoxy groups -OCH3 is 1. The van der Waals surface area contributed by atoms with Crippen molar-refractivity contribution in [3.8, 4) is 0 Å². The fourth-order valence-electron chi connectivity index (χ4n) is 4.93. The van der Waals surface area contributed by atoms with Crippen LogP contribution in [-0.2, 0) is 28.2 Å². The summed E-state index contributed by atoms with van der Waals surface area (Å²) >= 11 is 0. The minimum atomic E-state index is -1.11. The highest BCUT2D eigenvalue weighted by atomic mass is 31.1. The van der Waals surface area contributed by atoms with E-state index in [9.17, 15) is 0 Å². The van der Waals surface area contributed by atoms with Gasteiger partial charge in [0.25, 0.3) is 0 Å². The minimum Gasteiger partial charge on any atom is -0.376 e. The van der Waals surface area contributed by atoms with E-state index < -0.39 is 25.8 Å². The van der Waals surface area contributed by atoms with Crippen LogP contribution in [0.15, 0.2) is 60.7 Å². The molecular formula is C25H31O6P. The normalized spacial score (nSPS) is 34.9. The number of hydrogen-bond donors (Lipinski definition) is 0. The molecule has 7 heteroatoms. The second-order valence-electron chi connectivity index (χ2n) is 9.37. The van der Waals surface area contributed by atoms with Crippen LogP contribution in [0.1, 0.15) is 27.7 Å². The van der Waals surface area contributed by atoms with Gasteiger partial charge < -0.3 is 28.2 Å². The molecule has 1 saturated carbocycles. The van der Waals surface area contributed by atoms with Crippen LogP contribution in [-0.4, -0.2) is 55.3 Å². The predicted octanol–water partition coefficient (Wildman–Crippen LogP) is 3.49. The van der Waals surface area contributed by atoms with Crippen LogP contribution in [0.4, 0.5) is 0 Å². The van der Waals surface area contributed by atoms with Crippen LogP contribution in [0, 0.1) is 0 Å². The standard InChI is InChI=1S/C25H31O6P/c1-24(2)27-19-18(26-5)23(22-21(20(19)28-24)29-25(3,4)30-22)31-32(16-12-8-6-9-13-16)17-14-10-7-11-15-17/h6-15,18-23H,1-5H3/t18-,19-,20-,21+,22+,23+/m1/s1. The molecule has 2 saturated heterocycles. The van der Waals surface area contributed by atoms with Crippen molar-refractivity contribution in [1.82, 2.24) is 0 Å². The summed E-state index contributed by atoms with van der Waals surface area (Å²) in [5, 5.41) is 2.26. The van der Waals surface area contributed by atoms with Crippen molar-refractivity contribution in [3.05, 3.63) is 60.7 Å². The third-order valence-electron chi connectivity index (χ3n) is 6.10. The highest BCUT2D eigenvalue weighted by molar-refractivity contribution is 7.68. The number of rotatable bonds is 5. The van der Waals surface area contributed by atoms with Gasteiger partial charge in [-0.2, -0.15) is 0 Å². The Balaban J connectivity index is 1.54. The van der Waals surface area contributed by atoms with E-state index in [2.05, 4.69) is 24.3 Å². The molecule has 1 aliphatic carbocycles. The number of ether oxygens (including phenoxy) is 5. The molecule has 0 amide bonds. The van der Waals surface area contributed by atoms with Crippen molar-refractivity contribution in [2.45, 2.75) is 75.9 Å². The smallest absolute Gasteiger partial charge is 0.164 e. The van der Waals surface area contributed by atoms with Crippen molar-refractivity contribution >= 4 is 18.8 Å². The lowest BCUT2D eigenvalue weighted by atomic mass is 9.85. The SMILES string of the molecule is CO[C@H]1[C@H](OP(c2ccccc2)c2ccccc2)[C@H]2OC(C)(C)O[C@H]2[C@@H]2OC(C)(C)O[C@H]12. The van der Waals surface area contributed by atoms with E-state index in [0.717, 1.165) is 10.6 Å². The first-order valence-electron chi connectivity index (χ1n) is 11.1. The molecule has 2 aliphatic heterocycles. The van der Waals surface area contributed by atoms with Gasteiger partial charge in [0.1, 0.15) is 36.6 Å². The van der Waals surface area contributed by atoms with Gasteiger partial charge in [0.15, 0.2) is 11.6 Å². The minimum absolute atomic E-state index is 0.291. The molecule has 0 N–H and O–H groups in total. The quantitative estimate of drug-likeness (QED) is 0.640. The van der Waals surface area contributed by atoms with Crippen molar-refractivity contribution in [3.63, 3.8) is 0 Å². The fourth-order valence-corrected chi connectivity index (χ4v) is 6.84. The summed E-state index contributed by atoms with van der Waals surface area (Å²) in [7, 11) is 0.582. The maximum atomic E-state index is 6.95. The number of hydrogen-bond acceptors (Lipinski definition) is 6. The van der Waals surface area contributed by atoms with Gasteiger partial charge in [-0.25, -0.2) is 0 Å². The van der Waals surface area contributed by atoms with Gasteiger partial charge in [0.05, 0.1) is 8.15 Å². The molecule has 3 fully saturated rings. The van der Waals surface area contributed by atoms with Crippen LogP contribution in [0.2, 0.25) is 0 Å². The highest BCUT2D eigenvalue weighted by Gasteiger charge is 2.64. The van der Waals surface area contributed by atoms with Gasteiger partial charge in [-0.05, 0) is 27.7 Å². The van der Waals surface area contributed by atoms with E-state index in [1.54, 1.807) is 7.11 Å². The lowest BCUT2D eigenvalue weighted by Crippen LogP contribution is -2.62. The summed E-state index contributed by atoms with van der Waals surface area (Å²) in [4.78, 5) is 0. The first-order valence-corrected chi connectivity index (χ1v) is 12.3. The Morgan fingerprint density at radius 1 is 0.625 bits per heavy atom. The van der Waals surface area contributed by atoms with Crippen molar-refractivity contribution in [1.29, 1.82) is 0 Å². The molecule has 172 valence electrons. The largest absolute Gasteiger partial charge is 0.376 e. The van der Waals surface area contributed by atoms with Gasteiger partial charge >= 0.3 is 0 Å². The van der Waals surface area contributed by atoms with Gasteiger partial charge in [-0.1, -0.05) is 60.7 Å². The Morgan fingerprint density at radius 2 is 1.03 bits per heavy atom. The molecule has 0 spiro atoms. The molecule has 6 atom stereocenters. The fraction of sp³-hybridized carbons (Fsp3) is 0.520. The summed E-state index contributed by atoms with van der Waals surface area (Å²) in [5.41, 5.74) is 0. The van der Waals surface area contributed by atoms with E-state index in [4.69, 9.17) is 28.2 Å². The van der Waals surface area contributed by atoms with E-state index >= 15 is 0 Å². The summed E-state index contributed by atoms with van der Waals surface area (Å²) < 4.78 is 38.2. The van der Waals surface area contributed by atoms with Crippen molar-refractivity contribution in [2.75, 3.05) is 7.11 Å². The van der Waals surface area contributed by atoms with E-state index in [1.165, 1.54) is 0 Å². The predicted molar refractivity (Wildman–Crippen MR) is 122 cm³/mol. The molecule has 2 aromatic carbocycles. The molecule has 5 rings (SSSR count). The molecular weight excluding hydrogens is 427 g/mol. The molecule has 2 aromatic rings. The zero-order valence-electron chi connectivity index (χ0n) is 19.1. The Labute approximate surface area is 190 Å². The lowest BCUT2D eigenvalue weighted by Gasteiger charge is -2.43. The van der Waals surface area contributed by atoms with Crippen LogP contribution in [0.25, 0.3) is 0 Å². The van der Waals surface area contributed by atoms with Gasteiger partial charge in [0, 0.05) is 17.7 Å². The zero-order chi connectivity index (χ0) is 22.5. The Bertz CT molecular complexity index is 881. The van der Waals surface area contributed by atoms with Gasteiger partial charge in [-0.15, -0.1) is 0 Å². The molecule has 3 aliphatic rings. The number of fused-ring (bicyclic) bond motifs is 3. The third-order valence-corrected chi connectivity index (χ3v) is 8.09. The second kappa shape index (κ2) is 8.44. The molecule has 0 bridgehead atoms. The summed E-state index contributed by atoms with van der Waals surface area (Å²) in [6, 6.07) is 20.6. The molecule has 32 heavy (non-hydrogen) atoms. The van der Waals surface area contributed by atoms with E-state index in [0.29, 0.717) is 0 Å². The van der Waals surface area contributed by atoms with Crippen LogP contribution in [0.5, 0.6) is 0 Å². The Morgan fingerprint density at radius 3 is 1.47 bits per heavy atom. The molecule has 0 aromatic heterocycles.